The van der Waals surface area contributed by atoms with Crippen LogP contribution in [-0.2, 0) is 0 Å². The zero-order valence-corrected chi connectivity index (χ0v) is 17.3. The summed E-state index contributed by atoms with van der Waals surface area (Å²) in [6.45, 7) is 5.15. The first kappa shape index (κ1) is 19.9. The van der Waals surface area contributed by atoms with Gasteiger partial charge in [-0.1, -0.05) is 67.3 Å². The first-order valence-corrected chi connectivity index (χ1v) is 11.0. The summed E-state index contributed by atoms with van der Waals surface area (Å²) in [5, 5.41) is 15.8. The van der Waals surface area contributed by atoms with Crippen LogP contribution in [0.15, 0.2) is 48.5 Å². The number of nitrogens with zero attached hydrogens (tertiary/aromatic N) is 1. The van der Waals surface area contributed by atoms with Gasteiger partial charge in [-0.15, -0.1) is 0 Å². The Morgan fingerprint density at radius 1 is 0.964 bits per heavy atom. The molecule has 2 aromatic rings. The van der Waals surface area contributed by atoms with Crippen LogP contribution in [0.3, 0.4) is 0 Å². The molecular weight excluding hydrogens is 368 g/mol. The van der Waals surface area contributed by atoms with Crippen molar-refractivity contribution in [3.05, 3.63) is 59.1 Å². The van der Waals surface area contributed by atoms with Gasteiger partial charge in [-0.05, 0) is 41.7 Å². The highest BCUT2D eigenvalue weighted by Gasteiger charge is 2.39. The number of halogens is 1. The molecule has 4 rings (SSSR count). The Morgan fingerprint density at radius 2 is 1.68 bits per heavy atom. The molecule has 1 aliphatic carbocycles. The predicted molar refractivity (Wildman–Crippen MR) is 117 cm³/mol. The van der Waals surface area contributed by atoms with Crippen molar-refractivity contribution < 1.29 is 5.11 Å². The van der Waals surface area contributed by atoms with Crippen LogP contribution in [0.4, 0.5) is 0 Å². The number of hydrogen-bond acceptors (Lipinski definition) is 3. The summed E-state index contributed by atoms with van der Waals surface area (Å²) in [7, 11) is 0. The van der Waals surface area contributed by atoms with E-state index in [9.17, 15) is 5.11 Å². The van der Waals surface area contributed by atoms with Gasteiger partial charge in [0.15, 0.2) is 0 Å². The monoisotopic (exact) mass is 398 g/mol. The molecule has 4 heteroatoms. The predicted octanol–water partition coefficient (Wildman–Crippen LogP) is 4.69. The van der Waals surface area contributed by atoms with Crippen molar-refractivity contribution in [2.24, 2.45) is 0 Å². The topological polar surface area (TPSA) is 35.5 Å². The highest BCUT2D eigenvalue weighted by atomic mass is 35.5. The first-order chi connectivity index (χ1) is 13.6. The Kier molecular flexibility index (Phi) is 6.37. The number of aliphatic hydroxyl groups is 1. The maximum Gasteiger partial charge on any atom is 0.0728 e. The van der Waals surface area contributed by atoms with Crippen molar-refractivity contribution in [1.29, 1.82) is 0 Å². The Labute approximate surface area is 173 Å². The SMILES string of the molecule is OC1([C@@H](CN2CCNCC2)c2ccc(-c3cccc(Cl)c3)cc2)CCCCC1. The average Bonchev–Trinajstić information content (AvgIpc) is 2.73. The molecule has 2 N–H and O–H groups in total. The molecule has 1 heterocycles. The second-order valence-corrected chi connectivity index (χ2v) is 8.84. The normalized spacial score (nSPS) is 21.4. The fourth-order valence-electron chi connectivity index (χ4n) is 4.83. The third kappa shape index (κ3) is 4.60. The van der Waals surface area contributed by atoms with Gasteiger partial charge in [-0.25, -0.2) is 0 Å². The van der Waals surface area contributed by atoms with Crippen LogP contribution in [0, 0.1) is 0 Å². The third-order valence-electron chi connectivity index (χ3n) is 6.49. The molecule has 1 saturated heterocycles. The van der Waals surface area contributed by atoms with Gasteiger partial charge in [-0.3, -0.25) is 0 Å². The molecule has 28 heavy (non-hydrogen) atoms. The Morgan fingerprint density at radius 3 is 2.36 bits per heavy atom. The van der Waals surface area contributed by atoms with Crippen LogP contribution >= 0.6 is 11.6 Å². The Bertz CT molecular complexity index is 764. The van der Waals surface area contributed by atoms with Crippen LogP contribution in [0.1, 0.15) is 43.6 Å². The molecule has 0 amide bonds. The van der Waals surface area contributed by atoms with E-state index in [4.69, 9.17) is 11.6 Å². The van der Waals surface area contributed by atoms with Crippen molar-refractivity contribution in [1.82, 2.24) is 10.2 Å². The van der Waals surface area contributed by atoms with E-state index in [1.165, 1.54) is 17.5 Å². The van der Waals surface area contributed by atoms with Crippen molar-refractivity contribution >= 4 is 11.6 Å². The minimum atomic E-state index is -0.583. The van der Waals surface area contributed by atoms with Crippen LogP contribution < -0.4 is 5.32 Å². The summed E-state index contributed by atoms with van der Waals surface area (Å²) in [6, 6.07) is 16.8. The van der Waals surface area contributed by atoms with E-state index in [0.717, 1.165) is 69.0 Å². The van der Waals surface area contributed by atoms with Gasteiger partial charge in [-0.2, -0.15) is 0 Å². The fourth-order valence-corrected chi connectivity index (χ4v) is 5.02. The van der Waals surface area contributed by atoms with E-state index in [1.54, 1.807) is 0 Å². The molecule has 0 unspecified atom stereocenters. The molecule has 3 nitrogen and oxygen atoms in total. The van der Waals surface area contributed by atoms with Gasteiger partial charge in [0, 0.05) is 43.7 Å². The van der Waals surface area contributed by atoms with Crippen molar-refractivity contribution in [2.75, 3.05) is 32.7 Å². The lowest BCUT2D eigenvalue weighted by molar-refractivity contribution is -0.0316. The van der Waals surface area contributed by atoms with Crippen LogP contribution in [0.25, 0.3) is 11.1 Å². The van der Waals surface area contributed by atoms with E-state index in [1.807, 2.05) is 18.2 Å². The van der Waals surface area contributed by atoms with Crippen molar-refractivity contribution in [3.8, 4) is 11.1 Å². The molecule has 1 saturated carbocycles. The van der Waals surface area contributed by atoms with Gasteiger partial charge in [0.2, 0.25) is 0 Å². The zero-order chi connectivity index (χ0) is 19.4. The summed E-state index contributed by atoms with van der Waals surface area (Å²) in [6.07, 6.45) is 5.35. The van der Waals surface area contributed by atoms with E-state index in [2.05, 4.69) is 40.5 Å². The van der Waals surface area contributed by atoms with Gasteiger partial charge < -0.3 is 15.3 Å². The van der Waals surface area contributed by atoms with Crippen molar-refractivity contribution in [2.45, 2.75) is 43.6 Å². The molecule has 0 radical (unpaired) electrons. The number of hydrogen-bond donors (Lipinski definition) is 2. The molecule has 2 aromatic carbocycles. The number of rotatable bonds is 5. The first-order valence-electron chi connectivity index (χ1n) is 10.7. The molecule has 2 aliphatic rings. The molecule has 0 aromatic heterocycles. The van der Waals surface area contributed by atoms with Crippen LogP contribution in [-0.4, -0.2) is 48.3 Å². The zero-order valence-electron chi connectivity index (χ0n) is 16.5. The lowest BCUT2D eigenvalue weighted by Crippen LogP contribution is -2.49. The summed E-state index contributed by atoms with van der Waals surface area (Å²) in [5.74, 6) is 0.166. The molecule has 1 atom stereocenters. The highest BCUT2D eigenvalue weighted by molar-refractivity contribution is 6.30. The summed E-state index contributed by atoms with van der Waals surface area (Å²) in [5.41, 5.74) is 2.98. The summed E-state index contributed by atoms with van der Waals surface area (Å²) >= 11 is 6.16. The number of benzene rings is 2. The van der Waals surface area contributed by atoms with Gasteiger partial charge in [0.1, 0.15) is 0 Å². The summed E-state index contributed by atoms with van der Waals surface area (Å²) < 4.78 is 0. The lowest BCUT2D eigenvalue weighted by atomic mass is 9.72. The van der Waals surface area contributed by atoms with E-state index in [-0.39, 0.29) is 5.92 Å². The average molecular weight is 399 g/mol. The molecule has 0 bridgehead atoms. The lowest BCUT2D eigenvalue weighted by Gasteiger charge is -2.42. The number of nitrogens with one attached hydrogen (secondary N) is 1. The Hall–Kier alpha value is -1.39. The third-order valence-corrected chi connectivity index (χ3v) is 6.72. The second kappa shape index (κ2) is 8.96. The number of piperazine rings is 1. The van der Waals surface area contributed by atoms with E-state index >= 15 is 0 Å². The maximum absolute atomic E-state index is 11.6. The molecule has 2 fully saturated rings. The smallest absolute Gasteiger partial charge is 0.0728 e. The highest BCUT2D eigenvalue weighted by Crippen LogP contribution is 2.41. The van der Waals surface area contributed by atoms with Gasteiger partial charge in [0.05, 0.1) is 5.60 Å². The fraction of sp³-hybridized carbons (Fsp3) is 0.500. The van der Waals surface area contributed by atoms with Crippen LogP contribution in [0.2, 0.25) is 5.02 Å². The minimum absolute atomic E-state index is 0.166. The van der Waals surface area contributed by atoms with Crippen molar-refractivity contribution in [3.63, 3.8) is 0 Å². The van der Waals surface area contributed by atoms with Gasteiger partial charge >= 0.3 is 0 Å². The Balaban J connectivity index is 1.59. The van der Waals surface area contributed by atoms with E-state index < -0.39 is 5.60 Å². The maximum atomic E-state index is 11.6. The van der Waals surface area contributed by atoms with Crippen LogP contribution in [0.5, 0.6) is 0 Å². The standard InChI is InChI=1S/C24H31ClN2O/c25-22-6-4-5-21(17-22)19-7-9-20(10-8-19)23(18-27-15-13-26-14-16-27)24(28)11-2-1-3-12-24/h4-10,17,23,26,28H,1-3,11-16,18H2/t23-/m0/s1. The molecular formula is C24H31ClN2O. The summed E-state index contributed by atoms with van der Waals surface area (Å²) in [4.78, 5) is 2.51. The quantitative estimate of drug-likeness (QED) is 0.766. The second-order valence-electron chi connectivity index (χ2n) is 8.40. The minimum Gasteiger partial charge on any atom is -0.389 e. The molecule has 1 aliphatic heterocycles. The van der Waals surface area contributed by atoms with Gasteiger partial charge in [0.25, 0.3) is 0 Å². The molecule has 0 spiro atoms. The molecule has 150 valence electrons. The largest absolute Gasteiger partial charge is 0.389 e. The van der Waals surface area contributed by atoms with E-state index in [0.29, 0.717) is 0 Å².